The number of carbonyl (C=O) groups is 2. The Kier molecular flexibility index (Phi) is 5.62. The molecule has 0 bridgehead atoms. The zero-order chi connectivity index (χ0) is 16.3. The molecule has 1 amide bonds. The van der Waals surface area contributed by atoms with Crippen LogP contribution in [0.5, 0.6) is 0 Å². The molecule has 2 rings (SSSR count). The number of carboxylic acids is 1. The molecular weight excluding hydrogens is 346 g/mol. The van der Waals surface area contributed by atoms with Gasteiger partial charge in [0, 0.05) is 16.1 Å². The van der Waals surface area contributed by atoms with Crippen LogP contribution >= 0.6 is 15.9 Å². The second-order valence-electron chi connectivity index (χ2n) is 6.26. The molecule has 0 saturated heterocycles. The van der Waals surface area contributed by atoms with Crippen LogP contribution in [0, 0.1) is 11.8 Å². The van der Waals surface area contributed by atoms with Crippen LogP contribution in [0.2, 0.25) is 0 Å². The molecule has 0 radical (unpaired) electrons. The number of benzene rings is 1. The van der Waals surface area contributed by atoms with Crippen molar-refractivity contribution in [1.29, 1.82) is 0 Å². The summed E-state index contributed by atoms with van der Waals surface area (Å²) in [4.78, 5) is 23.4. The molecule has 2 N–H and O–H groups in total. The van der Waals surface area contributed by atoms with Gasteiger partial charge in [0.25, 0.3) is 0 Å². The SMILES string of the molecule is CC(C)c1cc(Br)ccc1NC(=O)C1CCC(C(=O)O)CC1. The molecule has 0 unspecified atom stereocenters. The van der Waals surface area contributed by atoms with Crippen molar-refractivity contribution < 1.29 is 14.7 Å². The summed E-state index contributed by atoms with van der Waals surface area (Å²) in [6.45, 7) is 4.19. The minimum absolute atomic E-state index is 0.00746. The van der Waals surface area contributed by atoms with E-state index in [-0.39, 0.29) is 17.7 Å². The summed E-state index contributed by atoms with van der Waals surface area (Å²) in [7, 11) is 0. The number of anilines is 1. The maximum atomic E-state index is 12.4. The van der Waals surface area contributed by atoms with E-state index in [1.807, 2.05) is 18.2 Å². The Balaban J connectivity index is 2.03. The van der Waals surface area contributed by atoms with Gasteiger partial charge in [-0.3, -0.25) is 9.59 Å². The van der Waals surface area contributed by atoms with Crippen LogP contribution < -0.4 is 5.32 Å². The third kappa shape index (κ3) is 4.09. The fourth-order valence-electron chi connectivity index (χ4n) is 2.96. The van der Waals surface area contributed by atoms with Gasteiger partial charge < -0.3 is 10.4 Å². The zero-order valence-electron chi connectivity index (χ0n) is 12.9. The predicted octanol–water partition coefficient (Wildman–Crippen LogP) is 4.40. The Morgan fingerprint density at radius 3 is 2.32 bits per heavy atom. The second kappa shape index (κ2) is 7.27. The number of hydrogen-bond donors (Lipinski definition) is 2. The third-order valence-electron chi connectivity index (χ3n) is 4.34. The van der Waals surface area contributed by atoms with Crippen molar-refractivity contribution in [3.8, 4) is 0 Å². The van der Waals surface area contributed by atoms with Gasteiger partial charge in [-0.25, -0.2) is 0 Å². The Hall–Kier alpha value is -1.36. The molecule has 1 aliphatic carbocycles. The van der Waals surface area contributed by atoms with Crippen LogP contribution in [0.4, 0.5) is 5.69 Å². The van der Waals surface area contributed by atoms with Gasteiger partial charge in [0.1, 0.15) is 0 Å². The molecule has 1 aliphatic rings. The summed E-state index contributed by atoms with van der Waals surface area (Å²) >= 11 is 3.46. The minimum atomic E-state index is -0.742. The molecule has 1 aromatic carbocycles. The first-order chi connectivity index (χ1) is 10.4. The van der Waals surface area contributed by atoms with Crippen molar-refractivity contribution >= 4 is 33.5 Å². The minimum Gasteiger partial charge on any atom is -0.481 e. The average Bonchev–Trinajstić information content (AvgIpc) is 2.48. The van der Waals surface area contributed by atoms with Gasteiger partial charge in [-0.15, -0.1) is 0 Å². The quantitative estimate of drug-likeness (QED) is 0.828. The van der Waals surface area contributed by atoms with E-state index in [2.05, 4.69) is 35.1 Å². The van der Waals surface area contributed by atoms with E-state index >= 15 is 0 Å². The van der Waals surface area contributed by atoms with Crippen molar-refractivity contribution in [1.82, 2.24) is 0 Å². The highest BCUT2D eigenvalue weighted by Crippen LogP contribution is 2.32. The number of carbonyl (C=O) groups excluding carboxylic acids is 1. The smallest absolute Gasteiger partial charge is 0.306 e. The largest absolute Gasteiger partial charge is 0.481 e. The van der Waals surface area contributed by atoms with Crippen LogP contribution in [0.1, 0.15) is 51.0 Å². The molecule has 120 valence electrons. The number of nitrogens with one attached hydrogen (secondary N) is 1. The van der Waals surface area contributed by atoms with Crippen LogP contribution in [0.3, 0.4) is 0 Å². The van der Waals surface area contributed by atoms with Crippen LogP contribution in [0.25, 0.3) is 0 Å². The number of amides is 1. The molecule has 0 spiro atoms. The Morgan fingerprint density at radius 1 is 1.18 bits per heavy atom. The van der Waals surface area contributed by atoms with Crippen molar-refractivity contribution in [2.24, 2.45) is 11.8 Å². The van der Waals surface area contributed by atoms with Crippen molar-refractivity contribution in [3.63, 3.8) is 0 Å². The van der Waals surface area contributed by atoms with Crippen LogP contribution in [-0.2, 0) is 9.59 Å². The van der Waals surface area contributed by atoms with Gasteiger partial charge in [0.15, 0.2) is 0 Å². The second-order valence-corrected chi connectivity index (χ2v) is 7.18. The summed E-state index contributed by atoms with van der Waals surface area (Å²) in [6, 6.07) is 5.87. The Bertz CT molecular complexity index is 563. The van der Waals surface area contributed by atoms with Crippen LogP contribution in [0.15, 0.2) is 22.7 Å². The highest BCUT2D eigenvalue weighted by Gasteiger charge is 2.30. The standard InChI is InChI=1S/C17H22BrNO3/c1-10(2)14-9-13(18)7-8-15(14)19-16(20)11-3-5-12(6-4-11)17(21)22/h7-12H,3-6H2,1-2H3,(H,19,20)(H,21,22). The lowest BCUT2D eigenvalue weighted by Crippen LogP contribution is -2.29. The summed E-state index contributed by atoms with van der Waals surface area (Å²) in [5.74, 6) is -0.792. The van der Waals surface area contributed by atoms with E-state index in [1.54, 1.807) is 0 Å². The van der Waals surface area contributed by atoms with Crippen molar-refractivity contribution in [3.05, 3.63) is 28.2 Å². The first-order valence-electron chi connectivity index (χ1n) is 7.71. The molecular formula is C17H22BrNO3. The molecule has 0 aliphatic heterocycles. The van der Waals surface area contributed by atoms with Crippen LogP contribution in [-0.4, -0.2) is 17.0 Å². The van der Waals surface area contributed by atoms with Gasteiger partial charge in [0.05, 0.1) is 5.92 Å². The predicted molar refractivity (Wildman–Crippen MR) is 89.9 cm³/mol. The Labute approximate surface area is 139 Å². The molecule has 0 aromatic heterocycles. The zero-order valence-corrected chi connectivity index (χ0v) is 14.5. The molecule has 1 saturated carbocycles. The summed E-state index contributed by atoms with van der Waals surface area (Å²) in [5, 5.41) is 12.0. The maximum absolute atomic E-state index is 12.4. The summed E-state index contributed by atoms with van der Waals surface area (Å²) < 4.78 is 0.996. The van der Waals surface area contributed by atoms with Crippen molar-refractivity contribution in [2.45, 2.75) is 45.4 Å². The van der Waals surface area contributed by atoms with Gasteiger partial charge in [0.2, 0.25) is 5.91 Å². The topological polar surface area (TPSA) is 66.4 Å². The molecule has 4 nitrogen and oxygen atoms in total. The lowest BCUT2D eigenvalue weighted by Gasteiger charge is -2.26. The molecule has 22 heavy (non-hydrogen) atoms. The van der Waals surface area contributed by atoms with Gasteiger partial charge >= 0.3 is 5.97 Å². The molecule has 1 fully saturated rings. The van der Waals surface area contributed by atoms with E-state index < -0.39 is 5.97 Å². The van der Waals surface area contributed by atoms with Gasteiger partial charge in [-0.1, -0.05) is 29.8 Å². The Morgan fingerprint density at radius 2 is 1.77 bits per heavy atom. The lowest BCUT2D eigenvalue weighted by molar-refractivity contribution is -0.143. The fraction of sp³-hybridized carbons (Fsp3) is 0.529. The van der Waals surface area contributed by atoms with E-state index in [9.17, 15) is 9.59 Å². The highest BCUT2D eigenvalue weighted by molar-refractivity contribution is 9.10. The number of aliphatic carboxylic acids is 1. The molecule has 0 atom stereocenters. The molecule has 1 aromatic rings. The monoisotopic (exact) mass is 367 g/mol. The molecule has 0 heterocycles. The first kappa shape index (κ1) is 17.0. The maximum Gasteiger partial charge on any atom is 0.306 e. The van der Waals surface area contributed by atoms with Gasteiger partial charge in [-0.2, -0.15) is 0 Å². The summed E-state index contributed by atoms with van der Waals surface area (Å²) in [5.41, 5.74) is 1.95. The van der Waals surface area contributed by atoms with E-state index in [4.69, 9.17) is 5.11 Å². The highest BCUT2D eigenvalue weighted by atomic mass is 79.9. The fourth-order valence-corrected chi connectivity index (χ4v) is 3.34. The number of hydrogen-bond acceptors (Lipinski definition) is 2. The number of halogens is 1. The average molecular weight is 368 g/mol. The van der Waals surface area contributed by atoms with Crippen molar-refractivity contribution in [2.75, 3.05) is 5.32 Å². The third-order valence-corrected chi connectivity index (χ3v) is 4.83. The van der Waals surface area contributed by atoms with Gasteiger partial charge in [-0.05, 0) is 55.4 Å². The lowest BCUT2D eigenvalue weighted by atomic mass is 9.81. The van der Waals surface area contributed by atoms with E-state index in [0.29, 0.717) is 31.6 Å². The number of rotatable bonds is 4. The molecule has 5 heteroatoms. The van der Waals surface area contributed by atoms with E-state index in [1.165, 1.54) is 0 Å². The van der Waals surface area contributed by atoms with E-state index in [0.717, 1.165) is 15.7 Å². The first-order valence-corrected chi connectivity index (χ1v) is 8.51. The summed E-state index contributed by atoms with van der Waals surface area (Å²) in [6.07, 6.45) is 2.47. The number of carboxylic acid groups (broad SMARTS) is 1. The normalized spacial score (nSPS) is 21.6.